The summed E-state index contributed by atoms with van der Waals surface area (Å²) in [5.74, 6) is -0.629. The Labute approximate surface area is 239 Å². The third-order valence-electron chi connectivity index (χ3n) is 7.47. The van der Waals surface area contributed by atoms with Crippen molar-refractivity contribution in [3.05, 3.63) is 76.1 Å². The van der Waals surface area contributed by atoms with Crippen LogP contribution in [0.4, 0.5) is 21.0 Å². The van der Waals surface area contributed by atoms with Crippen molar-refractivity contribution in [1.29, 1.82) is 0 Å². The van der Waals surface area contributed by atoms with Crippen LogP contribution in [0, 0.1) is 0 Å². The smallest absolute Gasteiger partial charge is 0.422 e. The van der Waals surface area contributed by atoms with E-state index >= 15 is 0 Å². The second-order valence-corrected chi connectivity index (χ2v) is 10.8. The molecule has 2 aliphatic heterocycles. The predicted molar refractivity (Wildman–Crippen MR) is 146 cm³/mol. The number of carbonyl (C=O) groups is 4. The molecular formula is C28H26ClN5O7. The Balaban J connectivity index is 1.31. The minimum absolute atomic E-state index is 0.0671. The maximum atomic E-state index is 14.1. The van der Waals surface area contributed by atoms with E-state index in [2.05, 4.69) is 21.1 Å². The van der Waals surface area contributed by atoms with E-state index in [1.807, 2.05) is 0 Å². The number of hydrogen-bond acceptors (Lipinski definition) is 8. The van der Waals surface area contributed by atoms with Crippen LogP contribution in [0.1, 0.15) is 52.6 Å². The fraction of sp³-hybridized carbons (Fsp3) is 0.321. The Bertz CT molecular complexity index is 1530. The first-order valence-electron chi connectivity index (χ1n) is 13.2. The van der Waals surface area contributed by atoms with Crippen molar-refractivity contribution in [3.8, 4) is 0 Å². The average Bonchev–Trinajstić information content (AvgIpc) is 3.51. The molecule has 6 rings (SSSR count). The number of rotatable bonds is 7. The first-order chi connectivity index (χ1) is 19.7. The van der Waals surface area contributed by atoms with Gasteiger partial charge in [-0.15, -0.1) is 0 Å². The maximum Gasteiger partial charge on any atom is 0.422 e. The lowest BCUT2D eigenvalue weighted by molar-refractivity contribution is -0.120. The van der Waals surface area contributed by atoms with Gasteiger partial charge in [0.2, 0.25) is 0 Å². The molecule has 13 heteroatoms. The van der Waals surface area contributed by atoms with Gasteiger partial charge in [0.05, 0.1) is 11.4 Å². The molecule has 12 nitrogen and oxygen atoms in total. The number of anilines is 2. The van der Waals surface area contributed by atoms with Gasteiger partial charge in [-0.25, -0.2) is 14.5 Å². The van der Waals surface area contributed by atoms with Crippen molar-refractivity contribution in [2.24, 2.45) is 0 Å². The molecule has 1 aromatic heterocycles. The van der Waals surface area contributed by atoms with Gasteiger partial charge in [-0.3, -0.25) is 14.9 Å². The second kappa shape index (κ2) is 10.5. The zero-order valence-corrected chi connectivity index (χ0v) is 22.4. The van der Waals surface area contributed by atoms with Crippen molar-refractivity contribution < 1.29 is 33.5 Å². The molecule has 1 spiro atoms. The molecule has 41 heavy (non-hydrogen) atoms. The number of carboxylic acid groups (broad SMARTS) is 1. The normalized spacial score (nSPS) is 20.3. The van der Waals surface area contributed by atoms with Crippen LogP contribution in [0.15, 0.2) is 53.1 Å². The highest BCUT2D eigenvalue weighted by Gasteiger charge is 2.50. The van der Waals surface area contributed by atoms with E-state index in [0.717, 1.165) is 23.4 Å². The molecule has 1 saturated heterocycles. The van der Waals surface area contributed by atoms with Crippen LogP contribution in [0.3, 0.4) is 0 Å². The van der Waals surface area contributed by atoms with E-state index in [1.54, 1.807) is 24.3 Å². The number of imide groups is 1. The van der Waals surface area contributed by atoms with Gasteiger partial charge in [0.1, 0.15) is 11.8 Å². The third-order valence-corrected chi connectivity index (χ3v) is 7.71. The Morgan fingerprint density at radius 1 is 1.17 bits per heavy atom. The molecule has 1 saturated carbocycles. The van der Waals surface area contributed by atoms with Crippen LogP contribution in [0.5, 0.6) is 0 Å². The zero-order valence-electron chi connectivity index (χ0n) is 21.7. The lowest BCUT2D eigenvalue weighted by Crippen LogP contribution is -2.56. The molecule has 2 fully saturated rings. The Kier molecular flexibility index (Phi) is 6.88. The Morgan fingerprint density at radius 2 is 1.95 bits per heavy atom. The summed E-state index contributed by atoms with van der Waals surface area (Å²) >= 11 is 6.30. The zero-order chi connectivity index (χ0) is 28.7. The van der Waals surface area contributed by atoms with Crippen LogP contribution in [-0.2, 0) is 21.6 Å². The first kappa shape index (κ1) is 26.8. The predicted octanol–water partition coefficient (Wildman–Crippen LogP) is 4.01. The van der Waals surface area contributed by atoms with Gasteiger partial charge in [0.25, 0.3) is 11.8 Å². The van der Waals surface area contributed by atoms with E-state index in [9.17, 15) is 19.2 Å². The Morgan fingerprint density at radius 3 is 2.63 bits per heavy atom. The number of nitrogens with one attached hydrogen (secondary N) is 3. The molecule has 2 atom stereocenters. The summed E-state index contributed by atoms with van der Waals surface area (Å²) in [6, 6.07) is 11.1. The molecule has 0 radical (unpaired) electrons. The summed E-state index contributed by atoms with van der Waals surface area (Å²) in [5, 5.41) is 21.6. The molecule has 4 amide bonds. The molecule has 0 bridgehead atoms. The number of carbonyl (C=O) groups excluding carboxylic acids is 3. The highest BCUT2D eigenvalue weighted by atomic mass is 35.5. The number of hydrogen-bond donors (Lipinski definition) is 4. The standard InChI is InChI=1S/C28H26ClN5O7/c29-17-5-8-23-20(11-17)28(9-10-30-14-28)40-27(39)34(23)25(36)22(13-19-12-21(33-41-19)15-1-2-15)32-24(35)16-3-6-18(7-4-16)31-26(37)38/h3-8,11-12,15,22,30-31H,1-2,9-10,13-14H2,(H,32,35)(H,37,38)/t22-,28?/m0/s1. The van der Waals surface area contributed by atoms with E-state index in [4.69, 9.17) is 26.0 Å². The maximum absolute atomic E-state index is 14.1. The van der Waals surface area contributed by atoms with E-state index in [1.165, 1.54) is 24.3 Å². The number of benzene rings is 2. The van der Waals surface area contributed by atoms with Gasteiger partial charge >= 0.3 is 12.2 Å². The molecule has 3 aromatic rings. The summed E-state index contributed by atoms with van der Waals surface area (Å²) in [5.41, 5.74) is 1.22. The van der Waals surface area contributed by atoms with Crippen LogP contribution in [-0.4, -0.2) is 53.4 Å². The summed E-state index contributed by atoms with van der Waals surface area (Å²) < 4.78 is 11.4. The van der Waals surface area contributed by atoms with Gasteiger partial charge in [0, 0.05) is 53.2 Å². The molecule has 1 unspecified atom stereocenters. The lowest BCUT2D eigenvalue weighted by atomic mass is 9.89. The van der Waals surface area contributed by atoms with Crippen LogP contribution >= 0.6 is 11.6 Å². The van der Waals surface area contributed by atoms with Crippen molar-refractivity contribution in [1.82, 2.24) is 15.8 Å². The van der Waals surface area contributed by atoms with Crippen LogP contribution < -0.4 is 20.9 Å². The monoisotopic (exact) mass is 579 g/mol. The van der Waals surface area contributed by atoms with Gasteiger partial charge in [-0.2, -0.15) is 0 Å². The quantitative estimate of drug-likeness (QED) is 0.324. The number of ether oxygens (including phenoxy) is 1. The van der Waals surface area contributed by atoms with Gasteiger partial charge < -0.3 is 25.0 Å². The van der Waals surface area contributed by atoms with Gasteiger partial charge in [-0.05, 0) is 61.9 Å². The van der Waals surface area contributed by atoms with Crippen molar-refractivity contribution >= 4 is 47.0 Å². The van der Waals surface area contributed by atoms with Crippen LogP contribution in [0.2, 0.25) is 5.02 Å². The number of halogens is 1. The molecular weight excluding hydrogens is 554 g/mol. The molecule has 1 aliphatic carbocycles. The minimum atomic E-state index is -1.24. The summed E-state index contributed by atoms with van der Waals surface area (Å²) in [7, 11) is 0. The third kappa shape index (κ3) is 5.35. The SMILES string of the molecule is O=C(O)Nc1ccc(C(=O)N[C@@H](Cc2cc(C3CC3)no2)C(=O)N2C(=O)OC3(CCNC3)c3cc(Cl)ccc32)cc1. The second-order valence-electron chi connectivity index (χ2n) is 10.4. The molecule has 3 aliphatic rings. The summed E-state index contributed by atoms with van der Waals surface area (Å²) in [4.78, 5) is 52.6. The highest BCUT2D eigenvalue weighted by molar-refractivity contribution is 6.31. The van der Waals surface area contributed by atoms with Crippen molar-refractivity contribution in [3.63, 3.8) is 0 Å². The van der Waals surface area contributed by atoms with E-state index in [-0.39, 0.29) is 17.7 Å². The topological polar surface area (TPSA) is 163 Å². The lowest BCUT2D eigenvalue weighted by Gasteiger charge is -2.40. The van der Waals surface area contributed by atoms with Crippen LogP contribution in [0.25, 0.3) is 0 Å². The number of amides is 4. The first-order valence-corrected chi connectivity index (χ1v) is 13.5. The average molecular weight is 580 g/mol. The fourth-order valence-corrected chi connectivity index (χ4v) is 5.42. The van der Waals surface area contributed by atoms with E-state index in [0.29, 0.717) is 47.5 Å². The largest absolute Gasteiger partial charge is 0.465 e. The summed E-state index contributed by atoms with van der Waals surface area (Å²) in [6.07, 6.45) is 0.371. The number of fused-ring (bicyclic) bond motifs is 2. The molecule has 212 valence electrons. The van der Waals surface area contributed by atoms with Gasteiger partial charge in [0.15, 0.2) is 5.60 Å². The summed E-state index contributed by atoms with van der Waals surface area (Å²) in [6.45, 7) is 1.00. The van der Waals surface area contributed by atoms with E-state index < -0.39 is 35.6 Å². The van der Waals surface area contributed by atoms with Crippen molar-refractivity contribution in [2.45, 2.75) is 43.2 Å². The van der Waals surface area contributed by atoms with Gasteiger partial charge in [-0.1, -0.05) is 16.8 Å². The molecule has 4 N–H and O–H groups in total. The highest BCUT2D eigenvalue weighted by Crippen LogP contribution is 2.44. The number of nitrogens with zero attached hydrogens (tertiary/aromatic N) is 2. The number of aromatic nitrogens is 1. The Hall–Kier alpha value is -4.42. The van der Waals surface area contributed by atoms with Crippen molar-refractivity contribution in [2.75, 3.05) is 23.3 Å². The molecule has 2 aromatic carbocycles. The minimum Gasteiger partial charge on any atom is -0.465 e. The fourth-order valence-electron chi connectivity index (χ4n) is 5.25. The molecule has 3 heterocycles.